The molecule has 1 aromatic heterocycles. The predicted molar refractivity (Wildman–Crippen MR) is 66.8 cm³/mol. The molecule has 0 aromatic carbocycles. The lowest BCUT2D eigenvalue weighted by Crippen LogP contribution is -2.33. The van der Waals surface area contributed by atoms with Gasteiger partial charge >= 0.3 is 0 Å². The Kier molecular flexibility index (Phi) is 6.38. The Bertz CT molecular complexity index is 301. The van der Waals surface area contributed by atoms with E-state index < -0.39 is 0 Å². The summed E-state index contributed by atoms with van der Waals surface area (Å²) in [6, 6.07) is 2.44. The minimum atomic E-state index is 0.308. The van der Waals surface area contributed by atoms with Gasteiger partial charge in [0.15, 0.2) is 0 Å². The van der Waals surface area contributed by atoms with Gasteiger partial charge in [0.05, 0.1) is 6.61 Å². The van der Waals surface area contributed by atoms with Gasteiger partial charge in [0, 0.05) is 38.0 Å². The van der Waals surface area contributed by atoms with Gasteiger partial charge in [-0.05, 0) is 24.5 Å². The highest BCUT2D eigenvalue weighted by atomic mass is 35.5. The van der Waals surface area contributed by atoms with Crippen molar-refractivity contribution in [3.63, 3.8) is 0 Å². The van der Waals surface area contributed by atoms with Crippen molar-refractivity contribution in [2.24, 2.45) is 0 Å². The zero-order valence-electron chi connectivity index (χ0n) is 9.87. The number of methoxy groups -OCH3 is 1. The summed E-state index contributed by atoms with van der Waals surface area (Å²) < 4.78 is 5.13. The van der Waals surface area contributed by atoms with E-state index in [2.05, 4.69) is 16.4 Å². The number of halogens is 1. The highest BCUT2D eigenvalue weighted by Crippen LogP contribution is 2.03. The van der Waals surface area contributed by atoms with E-state index in [9.17, 15) is 0 Å². The molecule has 3 nitrogen and oxygen atoms in total. The molecule has 0 bridgehead atoms. The van der Waals surface area contributed by atoms with Gasteiger partial charge < -0.3 is 10.1 Å². The van der Waals surface area contributed by atoms with Crippen LogP contribution in [0.15, 0.2) is 18.5 Å². The van der Waals surface area contributed by atoms with E-state index in [0.717, 1.165) is 13.0 Å². The second-order valence-electron chi connectivity index (χ2n) is 3.88. The molecule has 0 aliphatic heterocycles. The van der Waals surface area contributed by atoms with Crippen molar-refractivity contribution < 1.29 is 4.74 Å². The van der Waals surface area contributed by atoms with E-state index in [1.165, 1.54) is 11.1 Å². The standard InChI is InChI=1S/C12H19ClN2O/c1-10-5-11(7-14-6-10)8-15-12(3-4-13)9-16-2/h5-7,12,15H,3-4,8-9H2,1-2H3. The van der Waals surface area contributed by atoms with Crippen LogP contribution < -0.4 is 5.32 Å². The molecule has 0 radical (unpaired) electrons. The van der Waals surface area contributed by atoms with E-state index in [1.807, 2.05) is 19.3 Å². The quantitative estimate of drug-likeness (QED) is 0.744. The number of hydrogen-bond acceptors (Lipinski definition) is 3. The molecule has 0 aliphatic carbocycles. The average molecular weight is 243 g/mol. The number of nitrogens with one attached hydrogen (secondary N) is 1. The van der Waals surface area contributed by atoms with E-state index in [-0.39, 0.29) is 0 Å². The maximum absolute atomic E-state index is 5.73. The number of hydrogen-bond donors (Lipinski definition) is 1. The van der Waals surface area contributed by atoms with Crippen LogP contribution in [-0.2, 0) is 11.3 Å². The summed E-state index contributed by atoms with van der Waals surface area (Å²) in [6.45, 7) is 3.54. The monoisotopic (exact) mass is 242 g/mol. The second kappa shape index (κ2) is 7.60. The number of aryl methyl sites for hydroxylation is 1. The van der Waals surface area contributed by atoms with Gasteiger partial charge in [-0.2, -0.15) is 0 Å². The minimum Gasteiger partial charge on any atom is -0.383 e. The molecule has 0 aliphatic rings. The molecular formula is C12H19ClN2O. The molecule has 16 heavy (non-hydrogen) atoms. The lowest BCUT2D eigenvalue weighted by molar-refractivity contribution is 0.164. The van der Waals surface area contributed by atoms with E-state index in [1.54, 1.807) is 7.11 Å². The third kappa shape index (κ3) is 4.92. The molecule has 1 atom stereocenters. The second-order valence-corrected chi connectivity index (χ2v) is 4.26. The third-order valence-corrected chi connectivity index (χ3v) is 2.57. The van der Waals surface area contributed by atoms with Crippen molar-refractivity contribution in [1.82, 2.24) is 10.3 Å². The lowest BCUT2D eigenvalue weighted by Gasteiger charge is -2.16. The summed E-state index contributed by atoms with van der Waals surface area (Å²) in [5.41, 5.74) is 2.37. The molecule has 1 aromatic rings. The first-order chi connectivity index (χ1) is 7.76. The molecule has 1 unspecified atom stereocenters. The molecule has 0 saturated carbocycles. The van der Waals surface area contributed by atoms with Crippen LogP contribution in [0.4, 0.5) is 0 Å². The van der Waals surface area contributed by atoms with Crippen LogP contribution in [-0.4, -0.2) is 30.6 Å². The zero-order chi connectivity index (χ0) is 11.8. The molecule has 1 heterocycles. The predicted octanol–water partition coefficient (Wildman–Crippen LogP) is 2.12. The van der Waals surface area contributed by atoms with Gasteiger partial charge in [-0.15, -0.1) is 11.6 Å². The van der Waals surface area contributed by atoms with Gasteiger partial charge in [0.1, 0.15) is 0 Å². The minimum absolute atomic E-state index is 0.308. The van der Waals surface area contributed by atoms with Crippen molar-refractivity contribution in [3.05, 3.63) is 29.6 Å². The number of nitrogens with zero attached hydrogens (tertiary/aromatic N) is 1. The molecule has 0 amide bonds. The average Bonchev–Trinajstić information content (AvgIpc) is 2.27. The molecule has 90 valence electrons. The van der Waals surface area contributed by atoms with Gasteiger partial charge in [0.2, 0.25) is 0 Å². The zero-order valence-corrected chi connectivity index (χ0v) is 10.6. The van der Waals surface area contributed by atoms with Gasteiger partial charge in [-0.3, -0.25) is 4.98 Å². The smallest absolute Gasteiger partial charge is 0.0616 e. The Morgan fingerprint density at radius 3 is 2.94 bits per heavy atom. The third-order valence-electron chi connectivity index (χ3n) is 2.35. The molecule has 4 heteroatoms. The van der Waals surface area contributed by atoms with Gasteiger partial charge in [-0.25, -0.2) is 0 Å². The number of aromatic nitrogens is 1. The van der Waals surface area contributed by atoms with Crippen molar-refractivity contribution in [2.75, 3.05) is 19.6 Å². The van der Waals surface area contributed by atoms with Gasteiger partial charge in [-0.1, -0.05) is 6.07 Å². The van der Waals surface area contributed by atoms with E-state index in [0.29, 0.717) is 18.5 Å². The lowest BCUT2D eigenvalue weighted by atomic mass is 10.2. The number of alkyl halides is 1. The van der Waals surface area contributed by atoms with Crippen LogP contribution in [0.1, 0.15) is 17.5 Å². The molecule has 1 rings (SSSR count). The Morgan fingerprint density at radius 2 is 2.31 bits per heavy atom. The first-order valence-corrected chi connectivity index (χ1v) is 5.98. The SMILES string of the molecule is COCC(CCCl)NCc1cncc(C)c1. The fourth-order valence-electron chi connectivity index (χ4n) is 1.55. The largest absolute Gasteiger partial charge is 0.383 e. The maximum Gasteiger partial charge on any atom is 0.0616 e. The number of ether oxygens (including phenoxy) is 1. The first-order valence-electron chi connectivity index (χ1n) is 5.45. The summed E-state index contributed by atoms with van der Waals surface area (Å²) in [6.07, 6.45) is 4.65. The summed E-state index contributed by atoms with van der Waals surface area (Å²) in [5.74, 6) is 0.646. The maximum atomic E-state index is 5.73. The Morgan fingerprint density at radius 1 is 1.50 bits per heavy atom. The fraction of sp³-hybridized carbons (Fsp3) is 0.583. The van der Waals surface area contributed by atoms with Crippen molar-refractivity contribution in [1.29, 1.82) is 0 Å². The molecule has 0 spiro atoms. The van der Waals surface area contributed by atoms with Crippen LogP contribution in [0.5, 0.6) is 0 Å². The Labute approximate surface area is 102 Å². The molecule has 0 saturated heterocycles. The number of pyridine rings is 1. The van der Waals surface area contributed by atoms with Crippen LogP contribution in [0.2, 0.25) is 0 Å². The molecule has 0 fully saturated rings. The highest BCUT2D eigenvalue weighted by Gasteiger charge is 2.06. The summed E-state index contributed by atoms with van der Waals surface area (Å²) >= 11 is 5.73. The fourth-order valence-corrected chi connectivity index (χ4v) is 1.82. The van der Waals surface area contributed by atoms with Crippen molar-refractivity contribution in [2.45, 2.75) is 25.9 Å². The van der Waals surface area contributed by atoms with Gasteiger partial charge in [0.25, 0.3) is 0 Å². The van der Waals surface area contributed by atoms with Crippen LogP contribution in [0.25, 0.3) is 0 Å². The van der Waals surface area contributed by atoms with E-state index in [4.69, 9.17) is 16.3 Å². The van der Waals surface area contributed by atoms with Crippen LogP contribution >= 0.6 is 11.6 Å². The van der Waals surface area contributed by atoms with Crippen molar-refractivity contribution >= 4 is 11.6 Å². The normalized spacial score (nSPS) is 12.7. The van der Waals surface area contributed by atoms with Crippen LogP contribution in [0.3, 0.4) is 0 Å². The van der Waals surface area contributed by atoms with Crippen molar-refractivity contribution in [3.8, 4) is 0 Å². The van der Waals surface area contributed by atoms with Crippen LogP contribution in [0, 0.1) is 6.92 Å². The Balaban J connectivity index is 2.41. The molecular weight excluding hydrogens is 224 g/mol. The summed E-state index contributed by atoms with van der Waals surface area (Å²) in [5, 5.41) is 3.42. The summed E-state index contributed by atoms with van der Waals surface area (Å²) in [7, 11) is 1.71. The summed E-state index contributed by atoms with van der Waals surface area (Å²) in [4.78, 5) is 4.16. The first kappa shape index (κ1) is 13.4. The molecule has 1 N–H and O–H groups in total. The van der Waals surface area contributed by atoms with E-state index >= 15 is 0 Å². The number of rotatable bonds is 7. The topological polar surface area (TPSA) is 34.1 Å². The Hall–Kier alpha value is -0.640. The highest BCUT2D eigenvalue weighted by molar-refractivity contribution is 6.17.